The van der Waals surface area contributed by atoms with Gasteiger partial charge in [0.25, 0.3) is 0 Å². The van der Waals surface area contributed by atoms with E-state index in [0.29, 0.717) is 12.5 Å². The standard InChI is InChI=1S/C15H31NO3/c1-10(2)14(3,4)9-15(5,6)16-7-12(18)13(19)11(16)8-17/h10-13,17-19H,7-9H2,1-6H3/t11-,12-,13-/m1/s1. The Bertz CT molecular complexity index is 302. The van der Waals surface area contributed by atoms with Crippen LogP contribution in [0.1, 0.15) is 48.0 Å². The number of hydrogen-bond acceptors (Lipinski definition) is 4. The van der Waals surface area contributed by atoms with Crippen LogP contribution < -0.4 is 0 Å². The molecule has 3 atom stereocenters. The first-order chi connectivity index (χ1) is 8.53. The van der Waals surface area contributed by atoms with Gasteiger partial charge in [-0.1, -0.05) is 27.7 Å². The van der Waals surface area contributed by atoms with Crippen LogP contribution in [0.25, 0.3) is 0 Å². The van der Waals surface area contributed by atoms with Gasteiger partial charge in [0.1, 0.15) is 0 Å². The lowest BCUT2D eigenvalue weighted by molar-refractivity contribution is -0.00889. The molecule has 1 fully saturated rings. The van der Waals surface area contributed by atoms with Crippen LogP contribution >= 0.6 is 0 Å². The quantitative estimate of drug-likeness (QED) is 0.705. The maximum absolute atomic E-state index is 9.95. The van der Waals surface area contributed by atoms with Crippen molar-refractivity contribution in [2.24, 2.45) is 11.3 Å². The molecule has 1 aliphatic rings. The molecule has 0 amide bonds. The van der Waals surface area contributed by atoms with E-state index in [-0.39, 0.29) is 23.6 Å². The molecule has 1 rings (SSSR count). The summed E-state index contributed by atoms with van der Waals surface area (Å²) in [5.41, 5.74) is 0.00161. The Balaban J connectivity index is 2.88. The zero-order valence-corrected chi connectivity index (χ0v) is 13.2. The Morgan fingerprint density at radius 3 is 2.11 bits per heavy atom. The van der Waals surface area contributed by atoms with E-state index in [4.69, 9.17) is 0 Å². The van der Waals surface area contributed by atoms with E-state index in [1.807, 2.05) is 0 Å². The van der Waals surface area contributed by atoms with Crippen LogP contribution in [0.15, 0.2) is 0 Å². The van der Waals surface area contributed by atoms with Gasteiger partial charge in [0.05, 0.1) is 24.9 Å². The predicted octanol–water partition coefficient (Wildman–Crippen LogP) is 1.24. The number of nitrogens with zero attached hydrogens (tertiary/aromatic N) is 1. The number of β-amino-alcohol motifs (C(OH)–C–C–N with tert-alkyl or cyclic N) is 1. The van der Waals surface area contributed by atoms with Crippen LogP contribution in [0.3, 0.4) is 0 Å². The molecule has 4 heteroatoms. The summed E-state index contributed by atoms with van der Waals surface area (Å²) < 4.78 is 0. The summed E-state index contributed by atoms with van der Waals surface area (Å²) in [6.07, 6.45) is -0.668. The molecule has 3 N–H and O–H groups in total. The average molecular weight is 273 g/mol. The fraction of sp³-hybridized carbons (Fsp3) is 1.00. The maximum Gasteiger partial charge on any atom is 0.0988 e. The van der Waals surface area contributed by atoms with Crippen molar-refractivity contribution in [3.05, 3.63) is 0 Å². The lowest BCUT2D eigenvalue weighted by Gasteiger charge is -2.45. The SMILES string of the molecule is CC(C)C(C)(C)CC(C)(C)N1C[C@@H](O)[C@H](O)[C@H]1CO. The van der Waals surface area contributed by atoms with Crippen molar-refractivity contribution in [2.75, 3.05) is 13.2 Å². The van der Waals surface area contributed by atoms with Crippen LogP contribution in [0.4, 0.5) is 0 Å². The molecule has 0 aromatic carbocycles. The third-order valence-electron chi connectivity index (χ3n) is 4.99. The highest BCUT2D eigenvalue weighted by molar-refractivity contribution is 5.01. The zero-order chi connectivity index (χ0) is 15.0. The Labute approximate surface area is 117 Å². The van der Waals surface area contributed by atoms with Gasteiger partial charge in [-0.3, -0.25) is 4.90 Å². The van der Waals surface area contributed by atoms with E-state index in [9.17, 15) is 15.3 Å². The Morgan fingerprint density at radius 1 is 1.16 bits per heavy atom. The van der Waals surface area contributed by atoms with Crippen molar-refractivity contribution >= 4 is 0 Å². The van der Waals surface area contributed by atoms with Crippen molar-refractivity contribution in [3.63, 3.8) is 0 Å². The Morgan fingerprint density at radius 2 is 1.68 bits per heavy atom. The van der Waals surface area contributed by atoms with E-state index >= 15 is 0 Å². The normalized spacial score (nSPS) is 30.3. The van der Waals surface area contributed by atoms with E-state index in [2.05, 4.69) is 46.4 Å². The highest BCUT2D eigenvalue weighted by Crippen LogP contribution is 2.40. The van der Waals surface area contributed by atoms with E-state index in [1.54, 1.807) is 0 Å². The monoisotopic (exact) mass is 273 g/mol. The topological polar surface area (TPSA) is 63.9 Å². The van der Waals surface area contributed by atoms with E-state index in [1.165, 1.54) is 0 Å². The maximum atomic E-state index is 9.95. The minimum atomic E-state index is -0.855. The third-order valence-corrected chi connectivity index (χ3v) is 4.99. The molecule has 0 aromatic rings. The van der Waals surface area contributed by atoms with Gasteiger partial charge in [0, 0.05) is 12.1 Å². The molecule has 0 bridgehead atoms. The molecule has 0 radical (unpaired) electrons. The second-order valence-corrected chi connectivity index (χ2v) is 7.59. The van der Waals surface area contributed by atoms with E-state index < -0.39 is 12.2 Å². The molecule has 19 heavy (non-hydrogen) atoms. The summed E-state index contributed by atoms with van der Waals surface area (Å²) in [5.74, 6) is 0.553. The lowest BCUT2D eigenvalue weighted by atomic mass is 9.72. The molecule has 0 aromatic heterocycles. The first-order valence-electron chi connectivity index (χ1n) is 7.26. The fourth-order valence-electron chi connectivity index (χ4n) is 3.21. The lowest BCUT2D eigenvalue weighted by Crippen LogP contribution is -2.52. The molecule has 114 valence electrons. The molecule has 0 spiro atoms. The minimum absolute atomic E-state index is 0.121. The number of likely N-dealkylation sites (tertiary alicyclic amines) is 1. The van der Waals surface area contributed by atoms with E-state index in [0.717, 1.165) is 6.42 Å². The van der Waals surface area contributed by atoms with Crippen molar-refractivity contribution in [2.45, 2.75) is 71.8 Å². The van der Waals surface area contributed by atoms with Crippen LogP contribution in [-0.4, -0.2) is 57.2 Å². The molecule has 0 unspecified atom stereocenters. The van der Waals surface area contributed by atoms with Gasteiger partial charge >= 0.3 is 0 Å². The second kappa shape index (κ2) is 5.68. The highest BCUT2D eigenvalue weighted by Gasteiger charge is 2.47. The molecule has 1 heterocycles. The second-order valence-electron chi connectivity index (χ2n) is 7.59. The number of aliphatic hydroxyl groups excluding tert-OH is 3. The molecule has 0 saturated carbocycles. The average Bonchev–Trinajstić information content (AvgIpc) is 2.54. The van der Waals surface area contributed by atoms with Gasteiger partial charge in [-0.05, 0) is 31.6 Å². The first-order valence-corrected chi connectivity index (χ1v) is 7.26. The smallest absolute Gasteiger partial charge is 0.0988 e. The highest BCUT2D eigenvalue weighted by atomic mass is 16.3. The largest absolute Gasteiger partial charge is 0.395 e. The Kier molecular flexibility index (Phi) is 5.05. The molecule has 1 saturated heterocycles. The summed E-state index contributed by atoms with van der Waals surface area (Å²) in [5, 5.41) is 29.3. The summed E-state index contributed by atoms with van der Waals surface area (Å²) >= 11 is 0. The molecule has 0 aliphatic carbocycles. The van der Waals surface area contributed by atoms with Gasteiger partial charge in [-0.25, -0.2) is 0 Å². The van der Waals surface area contributed by atoms with Crippen LogP contribution in [0, 0.1) is 11.3 Å². The number of hydrogen-bond donors (Lipinski definition) is 3. The number of aliphatic hydroxyl groups is 3. The Hall–Kier alpha value is -0.160. The van der Waals surface area contributed by atoms with Crippen LogP contribution in [0.5, 0.6) is 0 Å². The van der Waals surface area contributed by atoms with Gasteiger partial charge in [0.2, 0.25) is 0 Å². The molecule has 1 aliphatic heterocycles. The zero-order valence-electron chi connectivity index (χ0n) is 13.2. The summed E-state index contributed by atoms with van der Waals surface area (Å²) in [4.78, 5) is 2.06. The fourth-order valence-corrected chi connectivity index (χ4v) is 3.21. The van der Waals surface area contributed by atoms with Crippen molar-refractivity contribution in [1.29, 1.82) is 0 Å². The molecule has 4 nitrogen and oxygen atoms in total. The predicted molar refractivity (Wildman–Crippen MR) is 76.9 cm³/mol. The summed E-state index contributed by atoms with van der Waals surface area (Å²) in [6.45, 7) is 13.5. The number of rotatable bonds is 5. The summed E-state index contributed by atoms with van der Waals surface area (Å²) in [7, 11) is 0. The van der Waals surface area contributed by atoms with Crippen molar-refractivity contribution in [3.8, 4) is 0 Å². The van der Waals surface area contributed by atoms with Crippen LogP contribution in [0.2, 0.25) is 0 Å². The van der Waals surface area contributed by atoms with Gasteiger partial charge < -0.3 is 15.3 Å². The molecular formula is C15H31NO3. The van der Waals surface area contributed by atoms with Gasteiger partial charge in [0.15, 0.2) is 0 Å². The van der Waals surface area contributed by atoms with Gasteiger partial charge in [-0.15, -0.1) is 0 Å². The molecular weight excluding hydrogens is 242 g/mol. The minimum Gasteiger partial charge on any atom is -0.395 e. The third kappa shape index (κ3) is 3.48. The van der Waals surface area contributed by atoms with Crippen molar-refractivity contribution < 1.29 is 15.3 Å². The first kappa shape index (κ1) is 16.9. The van der Waals surface area contributed by atoms with Crippen LogP contribution in [-0.2, 0) is 0 Å². The van der Waals surface area contributed by atoms with Crippen molar-refractivity contribution in [1.82, 2.24) is 4.90 Å². The van der Waals surface area contributed by atoms with Gasteiger partial charge in [-0.2, -0.15) is 0 Å². The summed E-state index contributed by atoms with van der Waals surface area (Å²) in [6, 6.07) is -0.368.